The first kappa shape index (κ1) is 15.8. The Kier molecular flexibility index (Phi) is 4.29. The maximum absolute atomic E-state index is 11.5. The first-order valence-electron chi connectivity index (χ1n) is 4.82. The van der Waals surface area contributed by atoms with E-state index in [1.165, 1.54) is 6.92 Å². The summed E-state index contributed by atoms with van der Waals surface area (Å²) in [6.45, 7) is 1.22. The molecule has 3 amide bonds. The van der Waals surface area contributed by atoms with Crippen molar-refractivity contribution in [2.24, 2.45) is 5.73 Å². The van der Waals surface area contributed by atoms with Crippen molar-refractivity contribution in [2.45, 2.75) is 17.9 Å². The van der Waals surface area contributed by atoms with Crippen molar-refractivity contribution >= 4 is 37.5 Å². The molecule has 0 aromatic carbocycles. The predicted octanol–water partition coefficient (Wildman–Crippen LogP) is -0.525. The normalized spacial score (nSPS) is 12.7. The number of nitrogens with one attached hydrogen (secondary N) is 1. The predicted molar refractivity (Wildman–Crippen MR) is 64.4 cm³/mol. The van der Waals surface area contributed by atoms with Crippen molar-refractivity contribution in [3.05, 3.63) is 16.3 Å². The number of carbonyl (C=O) groups excluding carboxylic acids is 2. The lowest BCUT2D eigenvalue weighted by molar-refractivity contribution is -0.392. The summed E-state index contributed by atoms with van der Waals surface area (Å²) in [4.78, 5) is 30.7. The molecule has 1 unspecified atom stereocenters. The van der Waals surface area contributed by atoms with E-state index in [9.17, 15) is 28.1 Å². The molecule has 13 heteroatoms. The van der Waals surface area contributed by atoms with Gasteiger partial charge in [-0.05, 0) is 11.8 Å². The van der Waals surface area contributed by atoms with E-state index in [2.05, 4.69) is 5.10 Å². The van der Waals surface area contributed by atoms with Crippen LogP contribution in [0.1, 0.15) is 13.0 Å². The summed E-state index contributed by atoms with van der Waals surface area (Å²) in [6.07, 6.45) is 0.714. The molecule has 0 radical (unpaired) electrons. The van der Waals surface area contributed by atoms with Crippen molar-refractivity contribution in [1.29, 1.82) is 0 Å². The SMILES string of the molecule is CC(C(=O)NC(N)=O)n1cc(S(=O)(=O)Cl)c([N+](=O)[O-])n1. The van der Waals surface area contributed by atoms with Crippen LogP contribution in [0.3, 0.4) is 0 Å². The Hall–Kier alpha value is -2.21. The van der Waals surface area contributed by atoms with Gasteiger partial charge in [0.05, 0.1) is 11.3 Å². The molecule has 1 aromatic heterocycles. The summed E-state index contributed by atoms with van der Waals surface area (Å²) in [6, 6.07) is -2.35. The Labute approximate surface area is 116 Å². The Morgan fingerprint density at radius 1 is 1.60 bits per heavy atom. The second-order valence-electron chi connectivity index (χ2n) is 3.52. The van der Waals surface area contributed by atoms with Gasteiger partial charge >= 0.3 is 11.8 Å². The Bertz CT molecular complexity index is 682. The fourth-order valence-corrected chi connectivity index (χ4v) is 2.10. The number of urea groups is 1. The van der Waals surface area contributed by atoms with Gasteiger partial charge in [0, 0.05) is 10.7 Å². The maximum atomic E-state index is 11.5. The van der Waals surface area contributed by atoms with Crippen LogP contribution >= 0.6 is 10.7 Å². The fraction of sp³-hybridized carbons (Fsp3) is 0.286. The summed E-state index contributed by atoms with van der Waals surface area (Å²) in [5.74, 6) is -1.95. The zero-order chi connectivity index (χ0) is 15.7. The van der Waals surface area contributed by atoms with Crippen molar-refractivity contribution in [3.63, 3.8) is 0 Å². The topological polar surface area (TPSA) is 167 Å². The molecular weight excluding hydrogens is 318 g/mol. The minimum absolute atomic E-state index is 0.686. The highest BCUT2D eigenvalue weighted by atomic mass is 35.7. The second-order valence-corrected chi connectivity index (χ2v) is 6.06. The highest BCUT2D eigenvalue weighted by molar-refractivity contribution is 8.13. The quantitative estimate of drug-likeness (QED) is 0.426. The monoisotopic (exact) mass is 325 g/mol. The van der Waals surface area contributed by atoms with E-state index in [4.69, 9.17) is 16.4 Å². The Morgan fingerprint density at radius 3 is 2.50 bits per heavy atom. The lowest BCUT2D eigenvalue weighted by Crippen LogP contribution is -2.39. The molecule has 11 nitrogen and oxygen atoms in total. The zero-order valence-corrected chi connectivity index (χ0v) is 11.4. The summed E-state index contributed by atoms with van der Waals surface area (Å²) in [7, 11) is 0.613. The largest absolute Gasteiger partial charge is 0.410 e. The summed E-state index contributed by atoms with van der Waals surface area (Å²) in [5, 5.41) is 15.8. The molecule has 1 rings (SSSR count). The van der Waals surface area contributed by atoms with E-state index >= 15 is 0 Å². The molecule has 0 saturated heterocycles. The summed E-state index contributed by atoms with van der Waals surface area (Å²) in [5.41, 5.74) is 4.74. The number of hydrogen-bond donors (Lipinski definition) is 2. The first-order chi connectivity index (χ1) is 9.04. The standard InChI is InChI=1S/C7H8ClN5O6S/c1-3(6(14)10-7(9)15)12-2-4(20(8,18)19)5(11-12)13(16)17/h2-3H,1H3,(H3,9,10,14,15). The minimum Gasteiger partial charge on any atom is -0.358 e. The number of imide groups is 1. The van der Waals surface area contributed by atoms with E-state index in [0.717, 1.165) is 0 Å². The molecule has 0 bridgehead atoms. The van der Waals surface area contributed by atoms with Gasteiger partial charge in [0.2, 0.25) is 4.90 Å². The van der Waals surface area contributed by atoms with E-state index in [-0.39, 0.29) is 0 Å². The number of nitro groups is 1. The third-order valence-electron chi connectivity index (χ3n) is 2.14. The lowest BCUT2D eigenvalue weighted by atomic mass is 10.3. The molecule has 1 aromatic rings. The third-order valence-corrected chi connectivity index (χ3v) is 3.45. The molecule has 0 spiro atoms. The molecule has 3 N–H and O–H groups in total. The number of carbonyl (C=O) groups is 2. The molecule has 0 fully saturated rings. The summed E-state index contributed by atoms with van der Waals surface area (Å²) >= 11 is 0. The van der Waals surface area contributed by atoms with Crippen molar-refractivity contribution in [1.82, 2.24) is 15.1 Å². The van der Waals surface area contributed by atoms with Crippen molar-refractivity contribution in [2.75, 3.05) is 0 Å². The molecule has 0 aliphatic rings. The van der Waals surface area contributed by atoms with E-state index in [0.29, 0.717) is 10.9 Å². The number of amides is 3. The highest BCUT2D eigenvalue weighted by Gasteiger charge is 2.33. The van der Waals surface area contributed by atoms with Gasteiger partial charge in [0.15, 0.2) is 0 Å². The van der Waals surface area contributed by atoms with Crippen LogP contribution < -0.4 is 11.1 Å². The van der Waals surface area contributed by atoms with Gasteiger partial charge in [-0.3, -0.25) is 10.1 Å². The average molecular weight is 326 g/mol. The molecule has 0 aliphatic heterocycles. The molecule has 0 saturated carbocycles. The summed E-state index contributed by atoms with van der Waals surface area (Å²) < 4.78 is 23.0. The molecular formula is C7H8ClN5O6S. The van der Waals surface area contributed by atoms with E-state index < -0.39 is 42.7 Å². The molecule has 1 heterocycles. The number of hydrogen-bond acceptors (Lipinski definition) is 7. The number of aromatic nitrogens is 2. The smallest absolute Gasteiger partial charge is 0.358 e. The van der Waals surface area contributed by atoms with Gasteiger partial charge in [0.1, 0.15) is 6.04 Å². The molecule has 0 aliphatic carbocycles. The van der Waals surface area contributed by atoms with Crippen molar-refractivity contribution < 1.29 is 22.9 Å². The van der Waals surface area contributed by atoms with Gasteiger partial charge in [0.25, 0.3) is 15.0 Å². The minimum atomic E-state index is -4.42. The van der Waals surface area contributed by atoms with Crippen LogP contribution in [0.4, 0.5) is 10.6 Å². The second kappa shape index (κ2) is 5.42. The van der Waals surface area contributed by atoms with Gasteiger partial charge in [-0.2, -0.15) is 4.68 Å². The van der Waals surface area contributed by atoms with E-state index in [1.54, 1.807) is 5.32 Å². The van der Waals surface area contributed by atoms with Crippen LogP contribution in [0.2, 0.25) is 0 Å². The average Bonchev–Trinajstić information content (AvgIpc) is 2.71. The van der Waals surface area contributed by atoms with Crippen LogP contribution in [-0.2, 0) is 13.8 Å². The maximum Gasteiger partial charge on any atom is 0.410 e. The van der Waals surface area contributed by atoms with Crippen LogP contribution in [0.15, 0.2) is 11.1 Å². The lowest BCUT2D eigenvalue weighted by Gasteiger charge is -2.06. The number of primary amides is 1. The van der Waals surface area contributed by atoms with Gasteiger partial charge in [-0.15, -0.1) is 0 Å². The Morgan fingerprint density at radius 2 is 2.15 bits per heavy atom. The van der Waals surface area contributed by atoms with Gasteiger partial charge in [-0.1, -0.05) is 0 Å². The number of nitrogens with two attached hydrogens (primary N) is 1. The molecule has 20 heavy (non-hydrogen) atoms. The van der Waals surface area contributed by atoms with Crippen LogP contribution in [-0.4, -0.2) is 35.1 Å². The number of halogens is 1. The number of nitrogens with zero attached hydrogens (tertiary/aromatic N) is 3. The molecule has 110 valence electrons. The zero-order valence-electron chi connectivity index (χ0n) is 9.81. The Balaban J connectivity index is 3.25. The van der Waals surface area contributed by atoms with E-state index in [1.807, 2.05) is 0 Å². The van der Waals surface area contributed by atoms with Crippen LogP contribution in [0, 0.1) is 10.1 Å². The number of rotatable bonds is 4. The van der Waals surface area contributed by atoms with Crippen LogP contribution in [0.25, 0.3) is 0 Å². The van der Waals surface area contributed by atoms with Crippen molar-refractivity contribution in [3.8, 4) is 0 Å². The van der Waals surface area contributed by atoms with Gasteiger partial charge < -0.3 is 15.8 Å². The molecule has 1 atom stereocenters. The first-order valence-corrected chi connectivity index (χ1v) is 7.13. The fourth-order valence-electron chi connectivity index (χ4n) is 1.21. The third kappa shape index (κ3) is 3.42. The van der Waals surface area contributed by atoms with Gasteiger partial charge in [-0.25, -0.2) is 13.2 Å². The highest BCUT2D eigenvalue weighted by Crippen LogP contribution is 2.26. The van der Waals surface area contributed by atoms with Crippen LogP contribution in [0.5, 0.6) is 0 Å².